The first-order valence-corrected chi connectivity index (χ1v) is 8.36. The van der Waals surface area contributed by atoms with Gasteiger partial charge in [-0.2, -0.15) is 0 Å². The molecular weight excluding hydrogens is 276 g/mol. The summed E-state index contributed by atoms with van der Waals surface area (Å²) in [6.45, 7) is 8.63. The minimum Gasteiger partial charge on any atom is -0.477 e. The molecule has 0 bridgehead atoms. The lowest BCUT2D eigenvalue weighted by Crippen LogP contribution is -2.39. The first-order valence-electron chi connectivity index (χ1n) is 8.36. The Labute approximate surface area is 133 Å². The molecule has 0 radical (unpaired) electrons. The Morgan fingerprint density at radius 2 is 2.27 bits per heavy atom. The van der Waals surface area contributed by atoms with Gasteiger partial charge in [-0.15, -0.1) is 0 Å². The second kappa shape index (κ2) is 8.61. The Balaban J connectivity index is 1.96. The van der Waals surface area contributed by atoms with Gasteiger partial charge in [0.2, 0.25) is 5.88 Å². The van der Waals surface area contributed by atoms with Crippen molar-refractivity contribution >= 4 is 5.96 Å². The third-order valence-electron chi connectivity index (χ3n) is 3.77. The zero-order valence-electron chi connectivity index (χ0n) is 13.9. The first kappa shape index (κ1) is 16.6. The fourth-order valence-electron chi connectivity index (χ4n) is 2.17. The molecule has 2 rings (SSSR count). The predicted octanol–water partition coefficient (Wildman–Crippen LogP) is 2.72. The minimum absolute atomic E-state index is 0.562. The highest BCUT2D eigenvalue weighted by Crippen LogP contribution is 2.28. The van der Waals surface area contributed by atoms with Gasteiger partial charge in [-0.1, -0.05) is 26.3 Å². The average Bonchev–Trinajstić information content (AvgIpc) is 3.21. The highest BCUT2D eigenvalue weighted by molar-refractivity contribution is 5.80. The van der Waals surface area contributed by atoms with E-state index in [2.05, 4.69) is 41.4 Å². The molecule has 1 fully saturated rings. The first-order chi connectivity index (χ1) is 10.7. The van der Waals surface area contributed by atoms with Crippen LogP contribution >= 0.6 is 0 Å². The van der Waals surface area contributed by atoms with Gasteiger partial charge >= 0.3 is 0 Å². The molecule has 1 aromatic heterocycles. The van der Waals surface area contributed by atoms with Gasteiger partial charge in [0.05, 0.1) is 13.2 Å². The summed E-state index contributed by atoms with van der Waals surface area (Å²) in [5.41, 5.74) is 1.03. The summed E-state index contributed by atoms with van der Waals surface area (Å²) in [7, 11) is 0. The fraction of sp³-hybridized carbons (Fsp3) is 0.647. The number of pyridine rings is 1. The molecule has 0 spiro atoms. The van der Waals surface area contributed by atoms with Gasteiger partial charge < -0.3 is 15.4 Å². The van der Waals surface area contributed by atoms with E-state index in [0.29, 0.717) is 25.1 Å². The van der Waals surface area contributed by atoms with Crippen molar-refractivity contribution in [3.63, 3.8) is 0 Å². The molecular formula is C17H28N4O. The number of nitrogens with one attached hydrogen (secondary N) is 2. The van der Waals surface area contributed by atoms with E-state index in [1.54, 1.807) is 6.20 Å². The van der Waals surface area contributed by atoms with Gasteiger partial charge in [0, 0.05) is 24.3 Å². The molecule has 1 heterocycles. The molecule has 2 atom stereocenters. The number of rotatable bonds is 8. The highest BCUT2D eigenvalue weighted by Gasteiger charge is 2.33. The largest absolute Gasteiger partial charge is 0.477 e. The van der Waals surface area contributed by atoms with Gasteiger partial charge in [-0.25, -0.2) is 9.98 Å². The molecule has 1 saturated carbocycles. The van der Waals surface area contributed by atoms with Gasteiger partial charge in [0.1, 0.15) is 0 Å². The highest BCUT2D eigenvalue weighted by atomic mass is 16.5. The van der Waals surface area contributed by atoms with E-state index in [4.69, 9.17) is 4.74 Å². The van der Waals surface area contributed by atoms with Gasteiger partial charge in [-0.3, -0.25) is 0 Å². The van der Waals surface area contributed by atoms with E-state index < -0.39 is 0 Å². The molecule has 0 aromatic carbocycles. The number of aromatic nitrogens is 1. The molecule has 22 heavy (non-hydrogen) atoms. The Hall–Kier alpha value is -1.78. The lowest BCUT2D eigenvalue weighted by Gasteiger charge is -2.12. The van der Waals surface area contributed by atoms with Crippen LogP contribution in [0.15, 0.2) is 23.3 Å². The normalized spacial score (nSPS) is 20.6. The molecule has 0 aliphatic heterocycles. The third-order valence-corrected chi connectivity index (χ3v) is 3.77. The quantitative estimate of drug-likeness (QED) is 0.440. The van der Waals surface area contributed by atoms with Crippen LogP contribution in [0.3, 0.4) is 0 Å². The topological polar surface area (TPSA) is 58.5 Å². The molecule has 5 heteroatoms. The number of ether oxygens (including phenoxy) is 1. The summed E-state index contributed by atoms with van der Waals surface area (Å²) >= 11 is 0. The lowest BCUT2D eigenvalue weighted by molar-refractivity contribution is 0.294. The van der Waals surface area contributed by atoms with Crippen molar-refractivity contribution in [2.24, 2.45) is 10.9 Å². The van der Waals surface area contributed by atoms with Crippen molar-refractivity contribution in [2.45, 2.75) is 52.6 Å². The number of nitrogens with zero attached hydrogens (tertiary/aromatic N) is 2. The minimum atomic E-state index is 0.562. The SMILES string of the molecule is CCCCOc1ncccc1CN=C(NCC)NC1CC1C. The molecule has 1 aliphatic rings. The van der Waals surface area contributed by atoms with Crippen LogP contribution in [0.5, 0.6) is 5.88 Å². The second-order valence-corrected chi connectivity index (χ2v) is 5.83. The zero-order valence-corrected chi connectivity index (χ0v) is 13.9. The Kier molecular flexibility index (Phi) is 6.49. The van der Waals surface area contributed by atoms with E-state index >= 15 is 0 Å². The van der Waals surface area contributed by atoms with Gasteiger partial charge in [0.25, 0.3) is 0 Å². The van der Waals surface area contributed by atoms with Crippen LogP contribution in [0.25, 0.3) is 0 Å². The maximum atomic E-state index is 5.76. The standard InChI is InChI=1S/C17H28N4O/c1-4-6-10-22-16-14(8-7-9-19-16)12-20-17(18-5-2)21-15-11-13(15)3/h7-9,13,15H,4-6,10-12H2,1-3H3,(H2,18,20,21). The number of aliphatic imine (C=N–C) groups is 1. The lowest BCUT2D eigenvalue weighted by atomic mass is 10.2. The molecule has 5 nitrogen and oxygen atoms in total. The Morgan fingerprint density at radius 3 is 2.95 bits per heavy atom. The summed E-state index contributed by atoms with van der Waals surface area (Å²) in [6.07, 6.45) is 5.16. The average molecular weight is 304 g/mol. The maximum absolute atomic E-state index is 5.76. The van der Waals surface area contributed by atoms with Crippen LogP contribution in [0.2, 0.25) is 0 Å². The molecule has 1 aliphatic carbocycles. The van der Waals surface area contributed by atoms with E-state index in [9.17, 15) is 0 Å². The van der Waals surface area contributed by atoms with E-state index in [-0.39, 0.29) is 0 Å². The van der Waals surface area contributed by atoms with Crippen molar-refractivity contribution in [3.05, 3.63) is 23.9 Å². The maximum Gasteiger partial charge on any atom is 0.218 e. The van der Waals surface area contributed by atoms with Crippen molar-refractivity contribution < 1.29 is 4.74 Å². The molecule has 1 aromatic rings. The van der Waals surface area contributed by atoms with Crippen LogP contribution in [0, 0.1) is 5.92 Å². The summed E-state index contributed by atoms with van der Waals surface area (Å²) in [5, 5.41) is 6.76. The molecule has 0 amide bonds. The number of hydrogen-bond donors (Lipinski definition) is 2. The van der Waals surface area contributed by atoms with Crippen molar-refractivity contribution in [1.29, 1.82) is 0 Å². The van der Waals surface area contributed by atoms with Crippen LogP contribution in [-0.4, -0.2) is 30.1 Å². The van der Waals surface area contributed by atoms with Crippen LogP contribution < -0.4 is 15.4 Å². The molecule has 122 valence electrons. The van der Waals surface area contributed by atoms with Crippen LogP contribution in [0.4, 0.5) is 0 Å². The summed E-state index contributed by atoms with van der Waals surface area (Å²) in [6, 6.07) is 4.52. The Bertz CT molecular complexity index is 489. The molecule has 2 unspecified atom stereocenters. The molecule has 0 saturated heterocycles. The number of unbranched alkanes of at least 4 members (excludes halogenated alkanes) is 1. The van der Waals surface area contributed by atoms with E-state index in [1.807, 2.05) is 12.1 Å². The summed E-state index contributed by atoms with van der Waals surface area (Å²) in [4.78, 5) is 8.99. The van der Waals surface area contributed by atoms with E-state index in [1.165, 1.54) is 6.42 Å². The predicted molar refractivity (Wildman–Crippen MR) is 90.2 cm³/mol. The van der Waals surface area contributed by atoms with Crippen LogP contribution in [0.1, 0.15) is 45.6 Å². The van der Waals surface area contributed by atoms with Gasteiger partial charge in [-0.05, 0) is 31.7 Å². The summed E-state index contributed by atoms with van der Waals surface area (Å²) in [5.74, 6) is 2.32. The van der Waals surface area contributed by atoms with Crippen molar-refractivity contribution in [1.82, 2.24) is 15.6 Å². The van der Waals surface area contributed by atoms with Gasteiger partial charge in [0.15, 0.2) is 5.96 Å². The number of hydrogen-bond acceptors (Lipinski definition) is 3. The zero-order chi connectivity index (χ0) is 15.8. The summed E-state index contributed by atoms with van der Waals surface area (Å²) < 4.78 is 5.76. The van der Waals surface area contributed by atoms with Crippen molar-refractivity contribution in [3.8, 4) is 5.88 Å². The monoisotopic (exact) mass is 304 g/mol. The fourth-order valence-corrected chi connectivity index (χ4v) is 2.17. The molecule has 2 N–H and O–H groups in total. The van der Waals surface area contributed by atoms with E-state index in [0.717, 1.165) is 36.8 Å². The second-order valence-electron chi connectivity index (χ2n) is 5.83. The Morgan fingerprint density at radius 1 is 1.45 bits per heavy atom. The smallest absolute Gasteiger partial charge is 0.218 e. The third kappa shape index (κ3) is 5.20. The van der Waals surface area contributed by atoms with Crippen LogP contribution in [-0.2, 0) is 6.54 Å². The van der Waals surface area contributed by atoms with Crippen molar-refractivity contribution in [2.75, 3.05) is 13.2 Å². The number of guanidine groups is 1.